The zero-order valence-corrected chi connectivity index (χ0v) is 11.1. The van der Waals surface area contributed by atoms with Crippen molar-refractivity contribution in [1.82, 2.24) is 14.9 Å². The van der Waals surface area contributed by atoms with Crippen molar-refractivity contribution in [1.29, 1.82) is 0 Å². The fourth-order valence-corrected chi connectivity index (χ4v) is 2.69. The van der Waals surface area contributed by atoms with Crippen LogP contribution in [0.2, 0.25) is 5.15 Å². The van der Waals surface area contributed by atoms with Gasteiger partial charge in [0.2, 0.25) is 5.95 Å². The first-order valence-corrected chi connectivity index (χ1v) is 6.10. The summed E-state index contributed by atoms with van der Waals surface area (Å²) in [6, 6.07) is 2.70. The molecule has 6 heteroatoms. The number of anilines is 2. The van der Waals surface area contributed by atoms with E-state index in [0.29, 0.717) is 17.2 Å². The topological polar surface area (TPSA) is 58.3 Å². The summed E-state index contributed by atoms with van der Waals surface area (Å²) in [6.07, 6.45) is 1.12. The van der Waals surface area contributed by atoms with E-state index < -0.39 is 0 Å². The Hall–Kier alpha value is -1.07. The molecule has 1 aliphatic rings. The van der Waals surface area contributed by atoms with Crippen molar-refractivity contribution in [2.24, 2.45) is 0 Å². The van der Waals surface area contributed by atoms with E-state index in [2.05, 4.69) is 40.8 Å². The van der Waals surface area contributed by atoms with E-state index in [0.717, 1.165) is 18.8 Å². The van der Waals surface area contributed by atoms with Crippen LogP contribution < -0.4 is 10.6 Å². The summed E-state index contributed by atoms with van der Waals surface area (Å²) in [4.78, 5) is 12.6. The molecule has 1 saturated heterocycles. The van der Waals surface area contributed by atoms with Crippen molar-refractivity contribution >= 4 is 23.4 Å². The molecule has 2 heterocycles. The highest BCUT2D eigenvalue weighted by Gasteiger charge is 2.33. The smallest absolute Gasteiger partial charge is 0.223 e. The fraction of sp³-hybridized carbons (Fsp3) is 0.636. The molecular formula is C11H18ClN5. The Morgan fingerprint density at radius 3 is 2.71 bits per heavy atom. The molecule has 0 radical (unpaired) electrons. The molecule has 0 aromatic carbocycles. The van der Waals surface area contributed by atoms with Gasteiger partial charge in [-0.2, -0.15) is 4.98 Å². The molecule has 1 aliphatic heterocycles. The first-order valence-electron chi connectivity index (χ1n) is 5.72. The van der Waals surface area contributed by atoms with Crippen molar-refractivity contribution in [2.75, 3.05) is 31.3 Å². The summed E-state index contributed by atoms with van der Waals surface area (Å²) in [5.74, 6) is 1.05. The van der Waals surface area contributed by atoms with E-state index in [4.69, 9.17) is 17.3 Å². The normalized spacial score (nSPS) is 24.6. The van der Waals surface area contributed by atoms with Crippen LogP contribution in [0.1, 0.15) is 13.3 Å². The number of likely N-dealkylation sites (N-methyl/N-ethyl adjacent to an activating group) is 1. The van der Waals surface area contributed by atoms with Crippen molar-refractivity contribution in [2.45, 2.75) is 25.4 Å². The molecule has 17 heavy (non-hydrogen) atoms. The van der Waals surface area contributed by atoms with E-state index in [1.54, 1.807) is 6.07 Å². The average molecular weight is 256 g/mol. The lowest BCUT2D eigenvalue weighted by molar-refractivity contribution is 0.282. The lowest BCUT2D eigenvalue weighted by atomic mass is 10.1. The van der Waals surface area contributed by atoms with E-state index in [-0.39, 0.29) is 5.95 Å². The first-order chi connectivity index (χ1) is 7.99. The maximum absolute atomic E-state index is 5.91. The van der Waals surface area contributed by atoms with E-state index >= 15 is 0 Å². The molecule has 0 amide bonds. The minimum absolute atomic E-state index is 0.230. The Morgan fingerprint density at radius 2 is 2.18 bits per heavy atom. The molecule has 2 atom stereocenters. The van der Waals surface area contributed by atoms with Crippen molar-refractivity contribution in [3.63, 3.8) is 0 Å². The van der Waals surface area contributed by atoms with Crippen LogP contribution >= 0.6 is 11.6 Å². The Balaban J connectivity index is 2.24. The Morgan fingerprint density at radius 1 is 1.47 bits per heavy atom. The average Bonchev–Trinajstić information content (AvgIpc) is 2.58. The van der Waals surface area contributed by atoms with E-state index in [9.17, 15) is 0 Å². The molecule has 2 N–H and O–H groups in total. The first kappa shape index (κ1) is 12.4. The van der Waals surface area contributed by atoms with Crippen LogP contribution in [0.25, 0.3) is 0 Å². The number of aromatic nitrogens is 2. The van der Waals surface area contributed by atoms with Gasteiger partial charge in [0, 0.05) is 24.7 Å². The third-order valence-electron chi connectivity index (χ3n) is 3.37. The summed E-state index contributed by atoms with van der Waals surface area (Å²) in [5.41, 5.74) is 5.62. The van der Waals surface area contributed by atoms with Crippen molar-refractivity contribution in [3.05, 3.63) is 11.2 Å². The highest BCUT2D eigenvalue weighted by molar-refractivity contribution is 6.29. The van der Waals surface area contributed by atoms with Gasteiger partial charge in [0.25, 0.3) is 0 Å². The summed E-state index contributed by atoms with van der Waals surface area (Å²) in [7, 11) is 4.21. The molecule has 2 unspecified atom stereocenters. The van der Waals surface area contributed by atoms with Crippen LogP contribution in [0.15, 0.2) is 6.07 Å². The summed E-state index contributed by atoms with van der Waals surface area (Å²) in [6.45, 7) is 3.17. The van der Waals surface area contributed by atoms with Gasteiger partial charge in [-0.1, -0.05) is 11.6 Å². The molecule has 0 saturated carbocycles. The Bertz CT molecular complexity index is 389. The van der Waals surface area contributed by atoms with Crippen molar-refractivity contribution in [3.8, 4) is 0 Å². The van der Waals surface area contributed by atoms with Crippen LogP contribution in [0.3, 0.4) is 0 Å². The predicted octanol–water partition coefficient (Wildman–Crippen LogP) is 1.24. The molecular weight excluding hydrogens is 238 g/mol. The summed E-state index contributed by atoms with van der Waals surface area (Å²) >= 11 is 5.91. The number of nitrogens with zero attached hydrogens (tertiary/aromatic N) is 4. The summed E-state index contributed by atoms with van der Waals surface area (Å²) < 4.78 is 0. The number of nitrogen functional groups attached to an aromatic ring is 1. The third-order valence-corrected chi connectivity index (χ3v) is 3.56. The van der Waals surface area contributed by atoms with E-state index in [1.165, 1.54) is 0 Å². The van der Waals surface area contributed by atoms with Crippen LogP contribution in [-0.4, -0.2) is 47.6 Å². The standard InChI is InChI=1S/C11H18ClN5/c1-7-8(16(2)3)4-5-17(7)10-6-9(12)14-11(13)15-10/h6-8H,4-5H2,1-3H3,(H2,13,14,15). The number of nitrogens with two attached hydrogens (primary N) is 1. The number of rotatable bonds is 2. The fourth-order valence-electron chi connectivity index (χ4n) is 2.51. The SMILES string of the molecule is CC1C(N(C)C)CCN1c1cc(Cl)nc(N)n1. The van der Waals surface area contributed by atoms with Gasteiger partial charge in [-0.05, 0) is 27.4 Å². The third kappa shape index (κ3) is 2.45. The molecule has 0 spiro atoms. The minimum Gasteiger partial charge on any atom is -0.368 e. The maximum Gasteiger partial charge on any atom is 0.223 e. The Labute approximate surface area is 107 Å². The van der Waals surface area contributed by atoms with Gasteiger partial charge in [0.1, 0.15) is 11.0 Å². The van der Waals surface area contributed by atoms with Gasteiger partial charge in [-0.25, -0.2) is 4.98 Å². The van der Waals surface area contributed by atoms with Gasteiger partial charge >= 0.3 is 0 Å². The monoisotopic (exact) mass is 255 g/mol. The van der Waals surface area contributed by atoms with E-state index in [1.807, 2.05) is 0 Å². The largest absolute Gasteiger partial charge is 0.368 e. The van der Waals surface area contributed by atoms with Gasteiger partial charge in [-0.3, -0.25) is 0 Å². The molecule has 94 valence electrons. The number of halogens is 1. The number of hydrogen-bond acceptors (Lipinski definition) is 5. The lowest BCUT2D eigenvalue weighted by Crippen LogP contribution is -2.40. The van der Waals surface area contributed by atoms with Gasteiger partial charge in [0.05, 0.1) is 0 Å². The Kier molecular flexibility index (Phi) is 3.40. The van der Waals surface area contributed by atoms with Gasteiger partial charge < -0.3 is 15.5 Å². The van der Waals surface area contributed by atoms with Crippen LogP contribution in [-0.2, 0) is 0 Å². The highest BCUT2D eigenvalue weighted by atomic mass is 35.5. The molecule has 2 rings (SSSR count). The second kappa shape index (κ2) is 4.66. The second-order valence-corrected chi connectivity index (χ2v) is 5.05. The predicted molar refractivity (Wildman–Crippen MR) is 70.4 cm³/mol. The molecule has 0 aliphatic carbocycles. The van der Waals surface area contributed by atoms with Crippen molar-refractivity contribution < 1.29 is 0 Å². The summed E-state index contributed by atoms with van der Waals surface area (Å²) in [5, 5.41) is 0.396. The van der Waals surface area contributed by atoms with Gasteiger partial charge in [0.15, 0.2) is 0 Å². The van der Waals surface area contributed by atoms with Crippen LogP contribution in [0, 0.1) is 0 Å². The van der Waals surface area contributed by atoms with Gasteiger partial charge in [-0.15, -0.1) is 0 Å². The highest BCUT2D eigenvalue weighted by Crippen LogP contribution is 2.27. The zero-order chi connectivity index (χ0) is 12.6. The molecule has 1 fully saturated rings. The zero-order valence-electron chi connectivity index (χ0n) is 10.4. The maximum atomic E-state index is 5.91. The molecule has 1 aromatic heterocycles. The lowest BCUT2D eigenvalue weighted by Gasteiger charge is -2.29. The quantitative estimate of drug-likeness (QED) is 0.806. The number of hydrogen-bond donors (Lipinski definition) is 1. The molecule has 0 bridgehead atoms. The van der Waals surface area contributed by atoms with Crippen LogP contribution in [0.5, 0.6) is 0 Å². The molecule has 5 nitrogen and oxygen atoms in total. The minimum atomic E-state index is 0.230. The second-order valence-electron chi connectivity index (χ2n) is 4.66. The molecule has 1 aromatic rings. The van der Waals surface area contributed by atoms with Crippen LogP contribution in [0.4, 0.5) is 11.8 Å².